The molecule has 2 aromatic rings. The molecule has 0 bridgehead atoms. The average Bonchev–Trinajstić information content (AvgIpc) is 2.33. The predicted molar refractivity (Wildman–Crippen MR) is 82.0 cm³/mol. The molecule has 0 atom stereocenters. The number of nitrogens with two attached hydrogens (primary N) is 1. The van der Waals surface area contributed by atoms with Gasteiger partial charge in [-0.25, -0.2) is 4.98 Å². The summed E-state index contributed by atoms with van der Waals surface area (Å²) in [7, 11) is 0. The van der Waals surface area contributed by atoms with E-state index in [1.54, 1.807) is 18.3 Å². The van der Waals surface area contributed by atoms with Crippen LogP contribution >= 0.6 is 44.1 Å². The Balaban J connectivity index is 2.37. The number of hydrogen-bond donors (Lipinski definition) is 1. The lowest BCUT2D eigenvalue weighted by Gasteiger charge is -2.10. The Morgan fingerprint density at radius 2 is 2.06 bits per heavy atom. The highest BCUT2D eigenvalue weighted by atomic mass is 79.9. The van der Waals surface area contributed by atoms with Gasteiger partial charge in [-0.05, 0) is 46.3 Å². The van der Waals surface area contributed by atoms with E-state index in [2.05, 4.69) is 36.8 Å². The summed E-state index contributed by atoms with van der Waals surface area (Å²) in [5, 5.41) is 0. The van der Waals surface area contributed by atoms with Gasteiger partial charge in [0.1, 0.15) is 10.7 Å². The molecule has 2 N–H and O–H groups in total. The monoisotopic (exact) mass is 386 g/mol. The van der Waals surface area contributed by atoms with E-state index < -0.39 is 0 Å². The van der Waals surface area contributed by atoms with Crippen molar-refractivity contribution in [2.75, 3.05) is 0 Å². The SMILES string of the molecule is NC(=S)c1cccnc1Oc1ccc(Br)cc1Br. The lowest BCUT2D eigenvalue weighted by molar-refractivity contribution is 0.459. The van der Waals surface area contributed by atoms with Crippen LogP contribution in [0.3, 0.4) is 0 Å². The van der Waals surface area contributed by atoms with Crippen molar-refractivity contribution in [2.45, 2.75) is 0 Å². The fraction of sp³-hybridized carbons (Fsp3) is 0. The van der Waals surface area contributed by atoms with Gasteiger partial charge in [-0.1, -0.05) is 28.1 Å². The molecule has 0 aliphatic rings. The van der Waals surface area contributed by atoms with Crippen molar-refractivity contribution in [1.82, 2.24) is 4.98 Å². The lowest BCUT2D eigenvalue weighted by Crippen LogP contribution is -2.11. The molecule has 0 aliphatic heterocycles. The maximum absolute atomic E-state index is 5.71. The van der Waals surface area contributed by atoms with E-state index in [1.807, 2.05) is 18.2 Å². The Hall–Kier alpha value is -0.980. The smallest absolute Gasteiger partial charge is 0.229 e. The van der Waals surface area contributed by atoms with Gasteiger partial charge in [0.15, 0.2) is 0 Å². The molecule has 92 valence electrons. The summed E-state index contributed by atoms with van der Waals surface area (Å²) in [6.45, 7) is 0. The van der Waals surface area contributed by atoms with Gasteiger partial charge < -0.3 is 10.5 Å². The minimum Gasteiger partial charge on any atom is -0.437 e. The molecule has 1 aromatic carbocycles. The second kappa shape index (κ2) is 5.77. The molecule has 3 nitrogen and oxygen atoms in total. The summed E-state index contributed by atoms with van der Waals surface area (Å²) in [5.41, 5.74) is 6.24. The summed E-state index contributed by atoms with van der Waals surface area (Å²) < 4.78 is 7.48. The number of rotatable bonds is 3. The number of benzene rings is 1. The first-order valence-electron chi connectivity index (χ1n) is 4.95. The summed E-state index contributed by atoms with van der Waals surface area (Å²) in [4.78, 5) is 4.39. The van der Waals surface area contributed by atoms with Gasteiger partial charge in [-0.15, -0.1) is 0 Å². The van der Waals surface area contributed by atoms with E-state index >= 15 is 0 Å². The van der Waals surface area contributed by atoms with Crippen LogP contribution in [0.4, 0.5) is 0 Å². The molecule has 0 unspecified atom stereocenters. The number of hydrogen-bond acceptors (Lipinski definition) is 3. The molecule has 6 heteroatoms. The molecular formula is C12H8Br2N2OS. The number of ether oxygens (including phenoxy) is 1. The van der Waals surface area contributed by atoms with Crippen LogP contribution in [0.5, 0.6) is 11.6 Å². The summed E-state index contributed by atoms with van der Waals surface area (Å²) >= 11 is 11.8. The van der Waals surface area contributed by atoms with Gasteiger partial charge in [-0.2, -0.15) is 0 Å². The number of thiocarbonyl (C=S) groups is 1. The van der Waals surface area contributed by atoms with E-state index in [-0.39, 0.29) is 4.99 Å². The minimum absolute atomic E-state index is 0.256. The summed E-state index contributed by atoms with van der Waals surface area (Å²) in [6, 6.07) is 9.13. The number of halogens is 2. The normalized spacial score (nSPS) is 10.1. The average molecular weight is 388 g/mol. The Morgan fingerprint density at radius 1 is 1.28 bits per heavy atom. The highest BCUT2D eigenvalue weighted by molar-refractivity contribution is 9.11. The van der Waals surface area contributed by atoms with Gasteiger partial charge in [0.05, 0.1) is 10.0 Å². The summed E-state index contributed by atoms with van der Waals surface area (Å²) in [5.74, 6) is 1.04. The number of aromatic nitrogens is 1. The maximum Gasteiger partial charge on any atom is 0.229 e. The fourth-order valence-electron chi connectivity index (χ4n) is 1.32. The van der Waals surface area contributed by atoms with E-state index in [9.17, 15) is 0 Å². The second-order valence-electron chi connectivity index (χ2n) is 3.40. The Bertz CT molecular complexity index is 604. The number of nitrogens with zero attached hydrogens (tertiary/aromatic N) is 1. The van der Waals surface area contributed by atoms with E-state index in [0.29, 0.717) is 17.2 Å². The largest absolute Gasteiger partial charge is 0.437 e. The van der Waals surface area contributed by atoms with Crippen molar-refractivity contribution in [2.24, 2.45) is 5.73 Å². The quantitative estimate of drug-likeness (QED) is 0.807. The van der Waals surface area contributed by atoms with Crippen molar-refractivity contribution in [3.8, 4) is 11.6 Å². The second-order valence-corrected chi connectivity index (χ2v) is 5.61. The fourth-order valence-corrected chi connectivity index (χ4v) is 2.61. The molecule has 0 saturated heterocycles. The Kier molecular flexibility index (Phi) is 4.31. The van der Waals surface area contributed by atoms with Crippen LogP contribution in [0.1, 0.15) is 5.56 Å². The molecule has 2 rings (SSSR count). The molecule has 1 aromatic heterocycles. The molecule has 0 saturated carbocycles. The van der Waals surface area contributed by atoms with Crippen molar-refractivity contribution in [3.63, 3.8) is 0 Å². The first-order valence-corrected chi connectivity index (χ1v) is 6.95. The third kappa shape index (κ3) is 3.07. The standard InChI is InChI=1S/C12H8Br2N2OS/c13-7-3-4-10(9(14)6-7)17-12-8(11(15)18)2-1-5-16-12/h1-6H,(H2,15,18). The molecule has 0 spiro atoms. The minimum atomic E-state index is 0.256. The Morgan fingerprint density at radius 3 is 2.72 bits per heavy atom. The predicted octanol–water partition coefficient (Wildman–Crippen LogP) is 4.03. The van der Waals surface area contributed by atoms with Crippen molar-refractivity contribution < 1.29 is 4.74 Å². The third-order valence-corrected chi connectivity index (χ3v) is 3.47. The third-order valence-electron chi connectivity index (χ3n) is 2.14. The van der Waals surface area contributed by atoms with Gasteiger partial charge in [-0.3, -0.25) is 0 Å². The van der Waals surface area contributed by atoms with Gasteiger partial charge in [0.25, 0.3) is 0 Å². The van der Waals surface area contributed by atoms with Gasteiger partial charge in [0.2, 0.25) is 5.88 Å². The first kappa shape index (κ1) is 13.5. The van der Waals surface area contributed by atoms with Gasteiger partial charge in [0, 0.05) is 10.7 Å². The van der Waals surface area contributed by atoms with Crippen LogP contribution in [0.15, 0.2) is 45.5 Å². The van der Waals surface area contributed by atoms with Gasteiger partial charge >= 0.3 is 0 Å². The molecule has 0 radical (unpaired) electrons. The van der Waals surface area contributed by atoms with E-state index in [4.69, 9.17) is 22.7 Å². The van der Waals surface area contributed by atoms with Crippen LogP contribution in [0.2, 0.25) is 0 Å². The van der Waals surface area contributed by atoms with Crippen molar-refractivity contribution in [3.05, 3.63) is 51.0 Å². The molecular weight excluding hydrogens is 380 g/mol. The molecule has 0 amide bonds. The molecule has 0 aliphatic carbocycles. The maximum atomic E-state index is 5.71. The zero-order valence-electron chi connectivity index (χ0n) is 9.06. The molecule has 0 fully saturated rings. The molecule has 1 heterocycles. The van der Waals surface area contributed by atoms with Crippen LogP contribution in [0, 0.1) is 0 Å². The van der Waals surface area contributed by atoms with E-state index in [1.165, 1.54) is 0 Å². The first-order chi connectivity index (χ1) is 8.58. The highest BCUT2D eigenvalue weighted by Crippen LogP contribution is 2.32. The zero-order valence-corrected chi connectivity index (χ0v) is 13.0. The van der Waals surface area contributed by atoms with Crippen LogP contribution in [-0.4, -0.2) is 9.97 Å². The van der Waals surface area contributed by atoms with Crippen LogP contribution in [0.25, 0.3) is 0 Å². The highest BCUT2D eigenvalue weighted by Gasteiger charge is 2.10. The topological polar surface area (TPSA) is 48.1 Å². The lowest BCUT2D eigenvalue weighted by atomic mass is 10.2. The summed E-state index contributed by atoms with van der Waals surface area (Å²) in [6.07, 6.45) is 1.63. The Labute approximate surface area is 127 Å². The van der Waals surface area contributed by atoms with Crippen molar-refractivity contribution >= 4 is 49.1 Å². The number of pyridine rings is 1. The van der Waals surface area contributed by atoms with Crippen LogP contribution in [-0.2, 0) is 0 Å². The van der Waals surface area contributed by atoms with Crippen molar-refractivity contribution in [1.29, 1.82) is 0 Å². The molecule has 18 heavy (non-hydrogen) atoms. The zero-order chi connectivity index (χ0) is 13.1. The van der Waals surface area contributed by atoms with Crippen LogP contribution < -0.4 is 10.5 Å². The van der Waals surface area contributed by atoms with E-state index in [0.717, 1.165) is 8.95 Å².